The number of aliphatic hydroxyl groups is 1. The van der Waals surface area contributed by atoms with E-state index < -0.39 is 17.9 Å². The number of rotatable bonds is 6. The predicted molar refractivity (Wildman–Crippen MR) is 120 cm³/mol. The second-order valence-electron chi connectivity index (χ2n) is 7.67. The topological polar surface area (TPSA) is 66.4 Å². The Bertz CT molecular complexity index is 1020. The van der Waals surface area contributed by atoms with Gasteiger partial charge in [-0.05, 0) is 55.5 Å². The second kappa shape index (κ2) is 9.06. The molecule has 0 aliphatic rings. The molecule has 0 saturated carbocycles. The van der Waals surface area contributed by atoms with Gasteiger partial charge < -0.3 is 10.4 Å². The third-order valence-electron chi connectivity index (χ3n) is 5.37. The van der Waals surface area contributed by atoms with Crippen molar-refractivity contribution in [3.8, 4) is 0 Å². The molecule has 1 atom stereocenters. The molecule has 4 nitrogen and oxygen atoms in total. The van der Waals surface area contributed by atoms with E-state index in [1.54, 1.807) is 0 Å². The molecule has 1 unspecified atom stereocenters. The highest BCUT2D eigenvalue weighted by Gasteiger charge is 2.28. The zero-order valence-corrected chi connectivity index (χ0v) is 17.8. The molecule has 0 heterocycles. The van der Waals surface area contributed by atoms with Crippen LogP contribution in [0.4, 0.5) is 5.69 Å². The van der Waals surface area contributed by atoms with Crippen molar-refractivity contribution >= 4 is 17.4 Å². The average Bonchev–Trinajstić information content (AvgIpc) is 2.72. The fourth-order valence-electron chi connectivity index (χ4n) is 3.92. The summed E-state index contributed by atoms with van der Waals surface area (Å²) in [6.45, 7) is 7.07. The van der Waals surface area contributed by atoms with Crippen molar-refractivity contribution in [1.29, 1.82) is 0 Å². The number of aliphatic hydroxyl groups excluding tert-OH is 1. The zero-order chi connectivity index (χ0) is 21.8. The van der Waals surface area contributed by atoms with Crippen molar-refractivity contribution in [3.63, 3.8) is 0 Å². The Morgan fingerprint density at radius 1 is 0.833 bits per heavy atom. The number of carbonyl (C=O) groups is 2. The van der Waals surface area contributed by atoms with Crippen molar-refractivity contribution < 1.29 is 14.7 Å². The van der Waals surface area contributed by atoms with Gasteiger partial charge in [-0.15, -0.1) is 0 Å². The fraction of sp³-hybridized carbons (Fsp3) is 0.231. The number of hydrogen-bond acceptors (Lipinski definition) is 3. The van der Waals surface area contributed by atoms with E-state index in [4.69, 9.17) is 0 Å². The maximum absolute atomic E-state index is 13.9. The van der Waals surface area contributed by atoms with Crippen LogP contribution in [-0.4, -0.2) is 22.9 Å². The van der Waals surface area contributed by atoms with Crippen molar-refractivity contribution in [2.45, 2.75) is 39.7 Å². The lowest BCUT2D eigenvalue weighted by molar-refractivity contribution is -0.123. The fourth-order valence-corrected chi connectivity index (χ4v) is 3.92. The molecule has 0 bridgehead atoms. The first-order chi connectivity index (χ1) is 14.3. The van der Waals surface area contributed by atoms with E-state index in [0.717, 1.165) is 22.3 Å². The molecule has 4 heteroatoms. The normalized spacial score (nSPS) is 11.9. The van der Waals surface area contributed by atoms with Gasteiger partial charge in [-0.2, -0.15) is 0 Å². The summed E-state index contributed by atoms with van der Waals surface area (Å²) in [4.78, 5) is 26.0. The van der Waals surface area contributed by atoms with Crippen molar-refractivity contribution in [2.24, 2.45) is 0 Å². The van der Waals surface area contributed by atoms with Crippen LogP contribution >= 0.6 is 0 Å². The number of aryl methyl sites for hydroxylation is 2. The molecule has 0 radical (unpaired) electrons. The smallest absolute Gasteiger partial charge is 0.252 e. The van der Waals surface area contributed by atoms with Gasteiger partial charge in [-0.1, -0.05) is 66.7 Å². The van der Waals surface area contributed by atoms with Gasteiger partial charge in [0.15, 0.2) is 5.78 Å². The van der Waals surface area contributed by atoms with E-state index >= 15 is 0 Å². The summed E-state index contributed by atoms with van der Waals surface area (Å²) in [7, 11) is 0. The van der Waals surface area contributed by atoms with Gasteiger partial charge in [0.25, 0.3) is 5.91 Å². The van der Waals surface area contributed by atoms with Crippen LogP contribution < -0.4 is 5.32 Å². The highest BCUT2D eigenvalue weighted by Crippen LogP contribution is 2.34. The summed E-state index contributed by atoms with van der Waals surface area (Å²) in [6.07, 6.45) is -1.13. The number of Topliss-reactive ketones (excluding diaryl/α,β-unsaturated/α-hetero) is 1. The van der Waals surface area contributed by atoms with Crippen LogP contribution in [0.5, 0.6) is 0 Å². The zero-order valence-electron chi connectivity index (χ0n) is 17.8. The minimum atomic E-state index is -1.13. The van der Waals surface area contributed by atoms with E-state index in [0.29, 0.717) is 16.8 Å². The largest absolute Gasteiger partial charge is 0.384 e. The SMILES string of the molecule is Cc1cc(C)c(C(=O)C(c2ccccc2)c2ccccc2)c(C)c1NC(=O)C(C)O. The summed E-state index contributed by atoms with van der Waals surface area (Å²) < 4.78 is 0. The Labute approximate surface area is 177 Å². The van der Waals surface area contributed by atoms with Crippen molar-refractivity contribution in [3.05, 3.63) is 100 Å². The number of amides is 1. The molecule has 154 valence electrons. The number of benzene rings is 3. The highest BCUT2D eigenvalue weighted by atomic mass is 16.3. The molecule has 2 N–H and O–H groups in total. The molecule has 0 spiro atoms. The van der Waals surface area contributed by atoms with Gasteiger partial charge in [0.1, 0.15) is 6.10 Å². The Morgan fingerprint density at radius 2 is 1.33 bits per heavy atom. The number of anilines is 1. The van der Waals surface area contributed by atoms with Gasteiger partial charge in [0, 0.05) is 11.3 Å². The van der Waals surface area contributed by atoms with E-state index in [9.17, 15) is 14.7 Å². The van der Waals surface area contributed by atoms with Crippen molar-refractivity contribution in [2.75, 3.05) is 5.32 Å². The molecule has 30 heavy (non-hydrogen) atoms. The van der Waals surface area contributed by atoms with Crippen LogP contribution in [0, 0.1) is 20.8 Å². The van der Waals surface area contributed by atoms with Gasteiger partial charge in [-0.3, -0.25) is 9.59 Å². The van der Waals surface area contributed by atoms with Crippen LogP contribution in [0.15, 0.2) is 66.7 Å². The summed E-state index contributed by atoms with van der Waals surface area (Å²) in [5, 5.41) is 12.4. The minimum absolute atomic E-state index is 0.0186. The predicted octanol–water partition coefficient (Wildman–Crippen LogP) is 4.95. The van der Waals surface area contributed by atoms with E-state index in [-0.39, 0.29) is 5.78 Å². The Morgan fingerprint density at radius 3 is 1.80 bits per heavy atom. The second-order valence-corrected chi connectivity index (χ2v) is 7.67. The average molecular weight is 402 g/mol. The Kier molecular flexibility index (Phi) is 6.48. The number of carbonyl (C=O) groups excluding carboxylic acids is 2. The molecule has 3 aromatic carbocycles. The van der Waals surface area contributed by atoms with Gasteiger partial charge in [0.05, 0.1) is 5.92 Å². The highest BCUT2D eigenvalue weighted by molar-refractivity contribution is 6.07. The van der Waals surface area contributed by atoms with E-state index in [1.807, 2.05) is 87.5 Å². The molecule has 0 aliphatic heterocycles. The van der Waals surface area contributed by atoms with Gasteiger partial charge in [-0.25, -0.2) is 0 Å². The van der Waals surface area contributed by atoms with Crippen LogP contribution in [0.2, 0.25) is 0 Å². The molecular weight excluding hydrogens is 374 g/mol. The third-order valence-corrected chi connectivity index (χ3v) is 5.37. The maximum Gasteiger partial charge on any atom is 0.252 e. The molecule has 0 aromatic heterocycles. The van der Waals surface area contributed by atoms with Crippen LogP contribution in [0.3, 0.4) is 0 Å². The Balaban J connectivity index is 2.15. The molecule has 3 rings (SSSR count). The van der Waals surface area contributed by atoms with E-state index in [2.05, 4.69) is 5.32 Å². The van der Waals surface area contributed by atoms with Gasteiger partial charge in [0.2, 0.25) is 0 Å². The standard InChI is InChI=1S/C26H27NO3/c1-16-15-17(2)24(27-26(30)19(4)28)18(3)22(16)25(29)23(20-11-7-5-8-12-20)21-13-9-6-10-14-21/h5-15,19,23,28H,1-4H3,(H,27,30). The third kappa shape index (κ3) is 4.34. The lowest BCUT2D eigenvalue weighted by atomic mass is 9.81. The molecule has 0 fully saturated rings. The lowest BCUT2D eigenvalue weighted by Gasteiger charge is -2.22. The maximum atomic E-state index is 13.9. The monoisotopic (exact) mass is 401 g/mol. The lowest BCUT2D eigenvalue weighted by Crippen LogP contribution is -2.26. The molecular formula is C26H27NO3. The molecule has 0 aliphatic carbocycles. The summed E-state index contributed by atoms with van der Waals surface area (Å²) >= 11 is 0. The van der Waals surface area contributed by atoms with E-state index in [1.165, 1.54) is 6.92 Å². The number of hydrogen-bond donors (Lipinski definition) is 2. The summed E-state index contributed by atoms with van der Waals surface area (Å²) in [5.41, 5.74) is 5.44. The Hall–Kier alpha value is -3.24. The first kappa shape index (κ1) is 21.5. The minimum Gasteiger partial charge on any atom is -0.384 e. The first-order valence-electron chi connectivity index (χ1n) is 10.0. The van der Waals surface area contributed by atoms with Crippen LogP contribution in [0.1, 0.15) is 51.0 Å². The quantitative estimate of drug-likeness (QED) is 0.575. The van der Waals surface area contributed by atoms with Crippen LogP contribution in [0.25, 0.3) is 0 Å². The molecule has 0 saturated heterocycles. The van der Waals surface area contributed by atoms with Crippen LogP contribution in [-0.2, 0) is 4.79 Å². The molecule has 1 amide bonds. The van der Waals surface area contributed by atoms with Gasteiger partial charge >= 0.3 is 0 Å². The van der Waals surface area contributed by atoms with Crippen molar-refractivity contribution in [1.82, 2.24) is 0 Å². The molecule has 3 aromatic rings. The summed E-state index contributed by atoms with van der Waals surface area (Å²) in [6, 6.07) is 21.4. The number of nitrogens with one attached hydrogen (secondary N) is 1. The first-order valence-corrected chi connectivity index (χ1v) is 10.0. The number of ketones is 1. The summed E-state index contributed by atoms with van der Waals surface area (Å²) in [5.74, 6) is -0.964.